The first-order valence-electron chi connectivity index (χ1n) is 9.33. The van der Waals surface area contributed by atoms with Crippen LogP contribution in [0.15, 0.2) is 63.9 Å². The quantitative estimate of drug-likeness (QED) is 0.504. The second-order valence-electron chi connectivity index (χ2n) is 7.00. The number of H-pyrrole nitrogens is 1. The van der Waals surface area contributed by atoms with Crippen LogP contribution in [0.2, 0.25) is 0 Å². The molecule has 2 aromatic heterocycles. The highest BCUT2D eigenvalue weighted by atomic mass is 16.5. The summed E-state index contributed by atoms with van der Waals surface area (Å²) in [5.41, 5.74) is 1.96. The molecule has 30 heavy (non-hydrogen) atoms. The zero-order valence-electron chi connectivity index (χ0n) is 16.3. The Hall–Kier alpha value is -4.08. The molecule has 1 unspecified atom stereocenters. The molecule has 152 valence electrons. The van der Waals surface area contributed by atoms with Gasteiger partial charge in [0.15, 0.2) is 11.9 Å². The summed E-state index contributed by atoms with van der Waals surface area (Å²) in [4.78, 5) is 28.0. The van der Waals surface area contributed by atoms with Crippen molar-refractivity contribution in [2.24, 2.45) is 5.92 Å². The van der Waals surface area contributed by atoms with E-state index in [-0.39, 0.29) is 17.6 Å². The SMILES string of the molecule is CC(C)C(C(=O)Nc1cccc(-c2noc(=O)[nH]2)c1)n1nnc(-c2ccccc2)n1. The van der Waals surface area contributed by atoms with E-state index in [0.717, 1.165) is 5.56 Å². The van der Waals surface area contributed by atoms with Gasteiger partial charge >= 0.3 is 5.76 Å². The minimum Gasteiger partial charge on any atom is -0.324 e. The lowest BCUT2D eigenvalue weighted by atomic mass is 10.0. The number of hydrogen-bond donors (Lipinski definition) is 2. The summed E-state index contributed by atoms with van der Waals surface area (Å²) in [6, 6.07) is 15.7. The lowest BCUT2D eigenvalue weighted by molar-refractivity contribution is -0.121. The number of rotatable bonds is 6. The van der Waals surface area contributed by atoms with Crippen LogP contribution >= 0.6 is 0 Å². The smallest absolute Gasteiger partial charge is 0.324 e. The number of carbonyl (C=O) groups excluding carboxylic acids is 1. The number of tetrazole rings is 1. The molecule has 0 saturated carbocycles. The van der Waals surface area contributed by atoms with Crippen LogP contribution in [-0.2, 0) is 4.79 Å². The van der Waals surface area contributed by atoms with E-state index >= 15 is 0 Å². The molecule has 0 aliphatic carbocycles. The van der Waals surface area contributed by atoms with Gasteiger partial charge in [-0.05, 0) is 23.3 Å². The van der Waals surface area contributed by atoms with Crippen molar-refractivity contribution in [3.63, 3.8) is 0 Å². The number of hydrogen-bond acceptors (Lipinski definition) is 7. The van der Waals surface area contributed by atoms with Crippen LogP contribution in [0, 0.1) is 5.92 Å². The van der Waals surface area contributed by atoms with Gasteiger partial charge in [0.1, 0.15) is 0 Å². The standard InChI is InChI=1S/C20H19N7O3/c1-12(2)16(27-24-18(23-26-27)13-7-4-3-5-8-13)19(28)21-15-10-6-9-14(11-15)17-22-20(29)30-25-17/h3-12,16H,1-2H3,(H,21,28)(H,22,25,29). The van der Waals surface area contributed by atoms with Gasteiger partial charge in [0.2, 0.25) is 5.82 Å². The molecule has 0 spiro atoms. The molecule has 4 aromatic rings. The van der Waals surface area contributed by atoms with Crippen LogP contribution in [0.4, 0.5) is 5.69 Å². The number of nitrogens with one attached hydrogen (secondary N) is 2. The average molecular weight is 405 g/mol. The summed E-state index contributed by atoms with van der Waals surface area (Å²) in [7, 11) is 0. The van der Waals surface area contributed by atoms with Gasteiger partial charge < -0.3 is 5.32 Å². The third-order valence-electron chi connectivity index (χ3n) is 4.45. The molecule has 2 heterocycles. The van der Waals surface area contributed by atoms with Gasteiger partial charge in [-0.1, -0.05) is 61.5 Å². The van der Waals surface area contributed by atoms with Crippen molar-refractivity contribution >= 4 is 11.6 Å². The second-order valence-corrected chi connectivity index (χ2v) is 7.00. The highest BCUT2D eigenvalue weighted by molar-refractivity contribution is 5.94. The van der Waals surface area contributed by atoms with Gasteiger partial charge in [-0.3, -0.25) is 14.3 Å². The minimum absolute atomic E-state index is 0.0853. The van der Waals surface area contributed by atoms with Crippen LogP contribution in [0.3, 0.4) is 0 Å². The van der Waals surface area contributed by atoms with E-state index in [1.807, 2.05) is 44.2 Å². The second kappa shape index (κ2) is 8.11. The summed E-state index contributed by atoms with van der Waals surface area (Å²) in [5, 5.41) is 19.1. The maximum absolute atomic E-state index is 13.0. The molecule has 4 rings (SSSR count). The number of carbonyl (C=O) groups is 1. The van der Waals surface area contributed by atoms with Crippen molar-refractivity contribution < 1.29 is 9.32 Å². The predicted molar refractivity (Wildman–Crippen MR) is 108 cm³/mol. The van der Waals surface area contributed by atoms with Gasteiger partial charge in [0, 0.05) is 16.8 Å². The van der Waals surface area contributed by atoms with Crippen LogP contribution in [0.1, 0.15) is 19.9 Å². The number of nitrogens with zero attached hydrogens (tertiary/aromatic N) is 5. The minimum atomic E-state index is -0.662. The maximum Gasteiger partial charge on any atom is 0.439 e. The lowest BCUT2D eigenvalue weighted by Gasteiger charge is -2.19. The fraction of sp³-hybridized carbons (Fsp3) is 0.200. The third kappa shape index (κ3) is 4.02. The molecule has 1 amide bonds. The number of aromatic amines is 1. The molecule has 0 radical (unpaired) electrons. The lowest BCUT2D eigenvalue weighted by Crippen LogP contribution is -2.31. The molecule has 10 heteroatoms. The Bertz CT molecular complexity index is 1210. The Morgan fingerprint density at radius 1 is 1.10 bits per heavy atom. The predicted octanol–water partition coefficient (Wildman–Crippen LogP) is 2.52. The molecule has 10 nitrogen and oxygen atoms in total. The average Bonchev–Trinajstić information content (AvgIpc) is 3.38. The van der Waals surface area contributed by atoms with Crippen molar-refractivity contribution in [3.8, 4) is 22.8 Å². The monoisotopic (exact) mass is 405 g/mol. The van der Waals surface area contributed by atoms with Crippen LogP contribution in [-0.4, -0.2) is 36.3 Å². The van der Waals surface area contributed by atoms with Crippen LogP contribution in [0.25, 0.3) is 22.8 Å². The maximum atomic E-state index is 13.0. The summed E-state index contributed by atoms with van der Waals surface area (Å²) >= 11 is 0. The van der Waals surface area contributed by atoms with E-state index in [4.69, 9.17) is 0 Å². The van der Waals surface area contributed by atoms with Crippen molar-refractivity contribution in [2.75, 3.05) is 5.32 Å². The zero-order chi connectivity index (χ0) is 21.1. The fourth-order valence-electron chi connectivity index (χ4n) is 3.03. The topological polar surface area (TPSA) is 132 Å². The normalized spacial score (nSPS) is 12.1. The Morgan fingerprint density at radius 3 is 2.57 bits per heavy atom. The summed E-state index contributed by atoms with van der Waals surface area (Å²) in [5.74, 6) is -0.288. The van der Waals surface area contributed by atoms with Crippen LogP contribution < -0.4 is 11.1 Å². The molecule has 0 aliphatic rings. The molecule has 0 fully saturated rings. The van der Waals surface area contributed by atoms with Gasteiger partial charge in [0.05, 0.1) is 0 Å². The molecule has 0 aliphatic heterocycles. The highest BCUT2D eigenvalue weighted by Gasteiger charge is 2.27. The first-order chi connectivity index (χ1) is 14.5. The Kier molecular flexibility index (Phi) is 5.21. The molecular weight excluding hydrogens is 386 g/mol. The largest absolute Gasteiger partial charge is 0.439 e. The molecule has 0 bridgehead atoms. The molecule has 2 aromatic carbocycles. The van der Waals surface area contributed by atoms with Gasteiger partial charge in [-0.2, -0.15) is 4.80 Å². The van der Waals surface area contributed by atoms with E-state index < -0.39 is 11.8 Å². The van der Waals surface area contributed by atoms with E-state index in [1.54, 1.807) is 24.3 Å². The summed E-state index contributed by atoms with van der Waals surface area (Å²) < 4.78 is 4.53. The van der Waals surface area contributed by atoms with E-state index in [2.05, 4.69) is 35.4 Å². The van der Waals surface area contributed by atoms with Crippen LogP contribution in [0.5, 0.6) is 0 Å². The number of amides is 1. The zero-order valence-corrected chi connectivity index (χ0v) is 16.3. The Morgan fingerprint density at radius 2 is 1.87 bits per heavy atom. The van der Waals surface area contributed by atoms with Gasteiger partial charge in [0.25, 0.3) is 5.91 Å². The van der Waals surface area contributed by atoms with E-state index in [9.17, 15) is 9.59 Å². The molecule has 2 N–H and O–H groups in total. The number of benzene rings is 2. The van der Waals surface area contributed by atoms with Crippen molar-refractivity contribution in [1.82, 2.24) is 30.3 Å². The van der Waals surface area contributed by atoms with Crippen molar-refractivity contribution in [2.45, 2.75) is 19.9 Å². The Balaban J connectivity index is 1.56. The molecule has 1 atom stereocenters. The van der Waals surface area contributed by atoms with E-state index in [0.29, 0.717) is 17.1 Å². The van der Waals surface area contributed by atoms with Crippen molar-refractivity contribution in [1.29, 1.82) is 0 Å². The fourth-order valence-corrected chi connectivity index (χ4v) is 3.03. The number of aromatic nitrogens is 6. The Labute approximate surface area is 170 Å². The number of anilines is 1. The first-order valence-corrected chi connectivity index (χ1v) is 9.33. The highest BCUT2D eigenvalue weighted by Crippen LogP contribution is 2.23. The first kappa shape index (κ1) is 19.2. The molecular formula is C20H19N7O3. The summed E-state index contributed by atoms with van der Waals surface area (Å²) in [6.07, 6.45) is 0. The van der Waals surface area contributed by atoms with Gasteiger partial charge in [-0.25, -0.2) is 4.79 Å². The molecule has 0 saturated heterocycles. The third-order valence-corrected chi connectivity index (χ3v) is 4.45. The summed E-state index contributed by atoms with van der Waals surface area (Å²) in [6.45, 7) is 3.82. The van der Waals surface area contributed by atoms with Crippen molar-refractivity contribution in [3.05, 3.63) is 65.1 Å². The van der Waals surface area contributed by atoms with Gasteiger partial charge in [-0.15, -0.1) is 10.2 Å². The van der Waals surface area contributed by atoms with E-state index in [1.165, 1.54) is 4.80 Å².